The summed E-state index contributed by atoms with van der Waals surface area (Å²) in [5, 5.41) is 14.5. The van der Waals surface area contributed by atoms with Gasteiger partial charge in [-0.3, -0.25) is 10.1 Å². The van der Waals surface area contributed by atoms with Crippen molar-refractivity contribution in [3.63, 3.8) is 0 Å². The van der Waals surface area contributed by atoms with Gasteiger partial charge in [-0.2, -0.15) is 0 Å². The van der Waals surface area contributed by atoms with E-state index < -0.39 is 4.92 Å². The molecule has 21 heavy (non-hydrogen) atoms. The first-order valence-corrected chi connectivity index (χ1v) is 7.93. The second-order valence-electron chi connectivity index (χ2n) is 5.22. The number of nitrogens with zero attached hydrogens (tertiary/aromatic N) is 2. The molecular formula is C14H19Cl2N3O2. The molecule has 2 rings (SSSR count). The Balaban J connectivity index is 1.92. The molecular weight excluding hydrogens is 313 g/mol. The average molecular weight is 332 g/mol. The summed E-state index contributed by atoms with van der Waals surface area (Å²) in [4.78, 5) is 12.7. The minimum absolute atomic E-state index is 0.0944. The number of halogens is 2. The van der Waals surface area contributed by atoms with Crippen molar-refractivity contribution in [2.45, 2.75) is 25.7 Å². The van der Waals surface area contributed by atoms with E-state index in [9.17, 15) is 10.1 Å². The maximum absolute atomic E-state index is 10.7. The first-order valence-electron chi connectivity index (χ1n) is 7.17. The van der Waals surface area contributed by atoms with Gasteiger partial charge in [0, 0.05) is 25.2 Å². The molecule has 0 aliphatic carbocycles. The molecule has 1 aromatic carbocycles. The first-order chi connectivity index (χ1) is 10.1. The van der Waals surface area contributed by atoms with Gasteiger partial charge in [-0.1, -0.05) is 36.0 Å². The minimum atomic E-state index is -0.501. The summed E-state index contributed by atoms with van der Waals surface area (Å²) in [5.41, 5.74) is 0.474. The maximum atomic E-state index is 10.7. The predicted octanol–water partition coefficient (Wildman–Crippen LogP) is 4.19. The molecule has 1 fully saturated rings. The molecule has 5 nitrogen and oxygen atoms in total. The monoisotopic (exact) mass is 331 g/mol. The fourth-order valence-electron chi connectivity index (χ4n) is 2.53. The molecule has 0 amide bonds. The lowest BCUT2D eigenvalue weighted by Gasteiger charge is -2.20. The second kappa shape index (κ2) is 7.82. The molecule has 0 radical (unpaired) electrons. The molecule has 1 aliphatic heterocycles. The van der Waals surface area contributed by atoms with Gasteiger partial charge in [-0.15, -0.1) is 0 Å². The van der Waals surface area contributed by atoms with Gasteiger partial charge in [0.15, 0.2) is 0 Å². The number of hydrogen-bond acceptors (Lipinski definition) is 4. The largest absolute Gasteiger partial charge is 0.381 e. The SMILES string of the molecule is O=[N+]([O-])c1cc(Cl)c(NCCN2CCCCCC2)c(Cl)c1. The molecule has 0 bridgehead atoms. The van der Waals surface area contributed by atoms with E-state index in [1.54, 1.807) is 0 Å². The van der Waals surface area contributed by atoms with Crippen molar-refractivity contribution in [1.82, 2.24) is 4.90 Å². The molecule has 0 aromatic heterocycles. The minimum Gasteiger partial charge on any atom is -0.381 e. The van der Waals surface area contributed by atoms with Crippen LogP contribution < -0.4 is 5.32 Å². The molecule has 7 heteroatoms. The van der Waals surface area contributed by atoms with E-state index in [1.807, 2.05) is 0 Å². The van der Waals surface area contributed by atoms with E-state index in [0.29, 0.717) is 5.69 Å². The third kappa shape index (κ3) is 4.73. The van der Waals surface area contributed by atoms with Crippen LogP contribution in [0.3, 0.4) is 0 Å². The normalized spacial score (nSPS) is 16.5. The number of anilines is 1. The summed E-state index contributed by atoms with van der Waals surface area (Å²) in [5.74, 6) is 0. The molecule has 1 aromatic rings. The van der Waals surface area contributed by atoms with Crippen molar-refractivity contribution in [3.8, 4) is 0 Å². The molecule has 0 atom stereocenters. The van der Waals surface area contributed by atoms with Gasteiger partial charge in [0.05, 0.1) is 20.7 Å². The van der Waals surface area contributed by atoms with E-state index >= 15 is 0 Å². The van der Waals surface area contributed by atoms with E-state index in [0.717, 1.165) is 26.2 Å². The third-order valence-electron chi connectivity index (χ3n) is 3.67. The Morgan fingerprint density at radius 3 is 2.24 bits per heavy atom. The number of rotatable bonds is 5. The number of likely N-dealkylation sites (tertiary alicyclic amines) is 1. The van der Waals surface area contributed by atoms with Crippen LogP contribution in [0.2, 0.25) is 10.0 Å². The maximum Gasteiger partial charge on any atom is 0.272 e. The summed E-state index contributed by atoms with van der Waals surface area (Å²) < 4.78 is 0. The molecule has 0 spiro atoms. The molecule has 1 heterocycles. The van der Waals surface area contributed by atoms with Crippen molar-refractivity contribution < 1.29 is 4.92 Å². The Hall–Kier alpha value is -1.04. The number of nitro groups is 1. The summed E-state index contributed by atoms with van der Waals surface area (Å²) in [6.45, 7) is 3.90. The van der Waals surface area contributed by atoms with Gasteiger partial charge in [-0.25, -0.2) is 0 Å². The van der Waals surface area contributed by atoms with Crippen LogP contribution in [0.15, 0.2) is 12.1 Å². The van der Waals surface area contributed by atoms with Crippen molar-refractivity contribution in [1.29, 1.82) is 0 Å². The smallest absolute Gasteiger partial charge is 0.272 e. The predicted molar refractivity (Wildman–Crippen MR) is 86.5 cm³/mol. The van der Waals surface area contributed by atoms with Crippen LogP contribution in [0.25, 0.3) is 0 Å². The number of benzene rings is 1. The molecule has 1 N–H and O–H groups in total. The van der Waals surface area contributed by atoms with Gasteiger partial charge in [-0.05, 0) is 25.9 Å². The zero-order valence-electron chi connectivity index (χ0n) is 11.8. The van der Waals surface area contributed by atoms with Crippen LogP contribution in [0.4, 0.5) is 11.4 Å². The highest BCUT2D eigenvalue weighted by Crippen LogP contribution is 2.34. The Kier molecular flexibility index (Phi) is 6.08. The summed E-state index contributed by atoms with van der Waals surface area (Å²) in [6, 6.07) is 2.64. The highest BCUT2D eigenvalue weighted by atomic mass is 35.5. The summed E-state index contributed by atoms with van der Waals surface area (Å²) in [6.07, 6.45) is 5.12. The van der Waals surface area contributed by atoms with Crippen LogP contribution in [0.5, 0.6) is 0 Å². The van der Waals surface area contributed by atoms with Gasteiger partial charge in [0.1, 0.15) is 0 Å². The van der Waals surface area contributed by atoms with Crippen LogP contribution >= 0.6 is 23.2 Å². The average Bonchev–Trinajstić information content (AvgIpc) is 2.70. The Morgan fingerprint density at radius 1 is 1.14 bits per heavy atom. The number of nitro benzene ring substituents is 1. The van der Waals surface area contributed by atoms with Crippen LogP contribution in [0, 0.1) is 10.1 Å². The van der Waals surface area contributed by atoms with Gasteiger partial charge in [0.2, 0.25) is 0 Å². The first kappa shape index (κ1) is 16.3. The topological polar surface area (TPSA) is 58.4 Å². The van der Waals surface area contributed by atoms with E-state index in [-0.39, 0.29) is 15.7 Å². The molecule has 1 aliphatic rings. The Labute approximate surface area is 134 Å². The molecule has 116 valence electrons. The van der Waals surface area contributed by atoms with E-state index in [1.165, 1.54) is 37.8 Å². The van der Waals surface area contributed by atoms with Crippen LogP contribution in [-0.4, -0.2) is 36.0 Å². The van der Waals surface area contributed by atoms with Crippen molar-refractivity contribution in [2.24, 2.45) is 0 Å². The zero-order chi connectivity index (χ0) is 15.2. The fraction of sp³-hybridized carbons (Fsp3) is 0.571. The molecule has 0 unspecified atom stereocenters. The highest BCUT2D eigenvalue weighted by molar-refractivity contribution is 6.39. The lowest BCUT2D eigenvalue weighted by molar-refractivity contribution is -0.384. The summed E-state index contributed by atoms with van der Waals surface area (Å²) >= 11 is 12.1. The molecule has 1 saturated heterocycles. The quantitative estimate of drug-likeness (QED) is 0.649. The fourth-order valence-corrected chi connectivity index (χ4v) is 3.14. The Morgan fingerprint density at radius 2 is 1.71 bits per heavy atom. The van der Waals surface area contributed by atoms with Gasteiger partial charge < -0.3 is 10.2 Å². The number of non-ortho nitro benzene ring substituents is 1. The lowest BCUT2D eigenvalue weighted by atomic mass is 10.2. The van der Waals surface area contributed by atoms with Gasteiger partial charge in [0.25, 0.3) is 5.69 Å². The standard InChI is InChI=1S/C14H19Cl2N3O2/c15-12-9-11(19(20)21)10-13(16)14(12)17-5-8-18-6-3-1-2-4-7-18/h9-10,17H,1-8H2. The van der Waals surface area contributed by atoms with Gasteiger partial charge >= 0.3 is 0 Å². The van der Waals surface area contributed by atoms with Crippen molar-refractivity contribution in [2.75, 3.05) is 31.5 Å². The van der Waals surface area contributed by atoms with E-state index in [4.69, 9.17) is 23.2 Å². The van der Waals surface area contributed by atoms with Crippen LogP contribution in [0.1, 0.15) is 25.7 Å². The number of hydrogen-bond donors (Lipinski definition) is 1. The highest BCUT2D eigenvalue weighted by Gasteiger charge is 2.15. The van der Waals surface area contributed by atoms with Crippen LogP contribution in [-0.2, 0) is 0 Å². The number of nitrogens with one attached hydrogen (secondary N) is 1. The van der Waals surface area contributed by atoms with Crippen molar-refractivity contribution >= 4 is 34.6 Å². The Bertz CT molecular complexity index is 480. The summed E-state index contributed by atoms with van der Waals surface area (Å²) in [7, 11) is 0. The van der Waals surface area contributed by atoms with Crippen molar-refractivity contribution in [3.05, 3.63) is 32.3 Å². The van der Waals surface area contributed by atoms with E-state index in [2.05, 4.69) is 10.2 Å². The third-order valence-corrected chi connectivity index (χ3v) is 4.26. The lowest BCUT2D eigenvalue weighted by Crippen LogP contribution is -2.30. The second-order valence-corrected chi connectivity index (χ2v) is 6.04. The molecule has 0 saturated carbocycles. The zero-order valence-corrected chi connectivity index (χ0v) is 13.3.